The summed E-state index contributed by atoms with van der Waals surface area (Å²) in [5, 5.41) is 11.0. The van der Waals surface area contributed by atoms with Gasteiger partial charge in [-0.3, -0.25) is 5.32 Å². The van der Waals surface area contributed by atoms with E-state index in [1.54, 1.807) is 45.2 Å². The van der Waals surface area contributed by atoms with E-state index in [2.05, 4.69) is 39.1 Å². The number of rotatable bonds is 11. The number of nitrogens with two attached hydrogens (primary N) is 1. The molecule has 0 amide bonds. The Hall–Kier alpha value is -0.000000000000000222. The molecule has 2 atom stereocenters. The summed E-state index contributed by atoms with van der Waals surface area (Å²) in [6.07, 6.45) is 2.11. The SMILES string of the molecule is CC(C)CC(c1ccc(N)c(C=N)c1)C(C)(C)CNC(C)OCC(F)(I)I. The van der Waals surface area contributed by atoms with Crippen molar-refractivity contribution in [1.29, 1.82) is 5.41 Å². The van der Waals surface area contributed by atoms with Crippen LogP contribution in [-0.4, -0.2) is 27.3 Å². The molecule has 1 aromatic carbocycles. The smallest absolute Gasteiger partial charge is 0.233 e. The van der Waals surface area contributed by atoms with Gasteiger partial charge in [0.15, 0.2) is 0 Å². The first kappa shape index (κ1) is 25.0. The number of hydrogen-bond donors (Lipinski definition) is 3. The zero-order valence-electron chi connectivity index (χ0n) is 16.8. The third-order valence-corrected chi connectivity index (χ3v) is 5.28. The monoisotopic (exact) mass is 603 g/mol. The van der Waals surface area contributed by atoms with Gasteiger partial charge in [-0.2, -0.15) is 0 Å². The second-order valence-corrected chi connectivity index (χ2v) is 13.6. The van der Waals surface area contributed by atoms with E-state index in [0.717, 1.165) is 18.5 Å². The molecule has 2 unspecified atom stereocenters. The minimum Gasteiger partial charge on any atom is -0.398 e. The van der Waals surface area contributed by atoms with E-state index in [1.807, 2.05) is 19.1 Å². The molecule has 4 N–H and O–H groups in total. The van der Waals surface area contributed by atoms with E-state index in [-0.39, 0.29) is 18.2 Å². The molecule has 0 aliphatic rings. The first-order valence-electron chi connectivity index (χ1n) is 9.17. The predicted octanol–water partition coefficient (Wildman–Crippen LogP) is 5.87. The molecule has 27 heavy (non-hydrogen) atoms. The summed E-state index contributed by atoms with van der Waals surface area (Å²) in [5.74, 6) is 0.833. The van der Waals surface area contributed by atoms with Crippen LogP contribution in [0.3, 0.4) is 0 Å². The Balaban J connectivity index is 2.92. The lowest BCUT2D eigenvalue weighted by Gasteiger charge is -2.37. The second kappa shape index (κ2) is 10.7. The van der Waals surface area contributed by atoms with Crippen LogP contribution in [0.2, 0.25) is 0 Å². The molecule has 154 valence electrons. The summed E-state index contributed by atoms with van der Waals surface area (Å²) in [6.45, 7) is 11.6. The number of ether oxygens (including phenoxy) is 1. The molecule has 0 saturated heterocycles. The summed E-state index contributed by atoms with van der Waals surface area (Å²) in [6, 6.07) is 5.99. The van der Waals surface area contributed by atoms with Gasteiger partial charge in [0.05, 0.1) is 0 Å². The van der Waals surface area contributed by atoms with Crippen molar-refractivity contribution >= 4 is 57.1 Å². The van der Waals surface area contributed by atoms with Crippen LogP contribution in [0.4, 0.5) is 10.1 Å². The number of anilines is 1. The van der Waals surface area contributed by atoms with Gasteiger partial charge in [0.1, 0.15) is 12.8 Å². The van der Waals surface area contributed by atoms with Crippen LogP contribution in [0.5, 0.6) is 0 Å². The fourth-order valence-corrected chi connectivity index (χ4v) is 3.48. The minimum absolute atomic E-state index is 0.0405. The fraction of sp³-hybridized carbons (Fsp3) is 0.650. The number of nitrogen functional groups attached to an aromatic ring is 1. The molecule has 0 radical (unpaired) electrons. The molecule has 0 spiro atoms. The Morgan fingerprint density at radius 3 is 2.44 bits per heavy atom. The maximum Gasteiger partial charge on any atom is 0.233 e. The van der Waals surface area contributed by atoms with Crippen LogP contribution in [-0.2, 0) is 4.74 Å². The summed E-state index contributed by atoms with van der Waals surface area (Å²) in [7, 11) is 0. The summed E-state index contributed by atoms with van der Waals surface area (Å²) >= 11 is 3.47. The van der Waals surface area contributed by atoms with Crippen LogP contribution < -0.4 is 11.1 Å². The molecule has 0 aliphatic carbocycles. The minimum atomic E-state index is -1.39. The Morgan fingerprint density at radius 2 is 1.93 bits per heavy atom. The highest BCUT2D eigenvalue weighted by atomic mass is 127. The average molecular weight is 603 g/mol. The third kappa shape index (κ3) is 8.91. The van der Waals surface area contributed by atoms with E-state index >= 15 is 0 Å². The van der Waals surface area contributed by atoms with Gasteiger partial charge < -0.3 is 15.9 Å². The van der Waals surface area contributed by atoms with Gasteiger partial charge in [0, 0.05) is 24.0 Å². The first-order valence-corrected chi connectivity index (χ1v) is 11.3. The van der Waals surface area contributed by atoms with Gasteiger partial charge in [0.2, 0.25) is 1.68 Å². The number of halogens is 3. The largest absolute Gasteiger partial charge is 0.398 e. The number of nitrogens with one attached hydrogen (secondary N) is 2. The Kier molecular flexibility index (Phi) is 9.91. The van der Waals surface area contributed by atoms with E-state index in [9.17, 15) is 4.39 Å². The topological polar surface area (TPSA) is 71.1 Å². The van der Waals surface area contributed by atoms with Gasteiger partial charge >= 0.3 is 0 Å². The normalized spacial score (nSPS) is 15.0. The van der Waals surface area contributed by atoms with E-state index in [1.165, 1.54) is 11.8 Å². The molecule has 1 rings (SSSR count). The van der Waals surface area contributed by atoms with Crippen molar-refractivity contribution in [3.63, 3.8) is 0 Å². The third-order valence-electron chi connectivity index (χ3n) is 4.66. The highest BCUT2D eigenvalue weighted by Crippen LogP contribution is 2.40. The molecular weight excluding hydrogens is 571 g/mol. The molecule has 7 heteroatoms. The maximum absolute atomic E-state index is 13.6. The van der Waals surface area contributed by atoms with E-state index < -0.39 is 1.68 Å². The van der Waals surface area contributed by atoms with E-state index in [0.29, 0.717) is 17.5 Å². The second-order valence-electron chi connectivity index (χ2n) is 8.15. The molecule has 0 aliphatic heterocycles. The van der Waals surface area contributed by atoms with Crippen molar-refractivity contribution in [2.45, 2.75) is 54.9 Å². The number of hydrogen-bond acceptors (Lipinski definition) is 4. The van der Waals surface area contributed by atoms with Crippen molar-refractivity contribution in [3.8, 4) is 0 Å². The lowest BCUT2D eigenvalue weighted by atomic mass is 9.71. The van der Waals surface area contributed by atoms with Crippen molar-refractivity contribution in [3.05, 3.63) is 29.3 Å². The molecule has 0 aromatic heterocycles. The molecular formula is C20H32FI2N3O. The molecule has 0 heterocycles. The van der Waals surface area contributed by atoms with Crippen molar-refractivity contribution in [2.24, 2.45) is 11.3 Å². The lowest BCUT2D eigenvalue weighted by molar-refractivity contribution is 0.0200. The van der Waals surface area contributed by atoms with Gasteiger partial charge in [-0.15, -0.1) is 0 Å². The van der Waals surface area contributed by atoms with Gasteiger partial charge in [-0.1, -0.05) is 33.8 Å². The van der Waals surface area contributed by atoms with Gasteiger partial charge in [-0.25, -0.2) is 4.39 Å². The van der Waals surface area contributed by atoms with Gasteiger partial charge in [-0.05, 0) is 93.5 Å². The molecule has 0 bridgehead atoms. The molecule has 0 saturated carbocycles. The van der Waals surface area contributed by atoms with Crippen LogP contribution in [0.15, 0.2) is 18.2 Å². The summed E-state index contributed by atoms with van der Waals surface area (Å²) in [4.78, 5) is 0. The van der Waals surface area contributed by atoms with Crippen molar-refractivity contribution < 1.29 is 9.13 Å². The zero-order chi connectivity index (χ0) is 20.8. The zero-order valence-corrected chi connectivity index (χ0v) is 21.1. The Labute approximate surface area is 190 Å². The quantitative estimate of drug-likeness (QED) is 0.0976. The van der Waals surface area contributed by atoms with Gasteiger partial charge in [0.25, 0.3) is 0 Å². The maximum atomic E-state index is 13.6. The highest BCUT2D eigenvalue weighted by molar-refractivity contribution is 14.2. The van der Waals surface area contributed by atoms with Crippen LogP contribution >= 0.6 is 45.2 Å². The number of alkyl halides is 3. The van der Waals surface area contributed by atoms with E-state index in [4.69, 9.17) is 15.9 Å². The number of benzene rings is 1. The van der Waals surface area contributed by atoms with Crippen molar-refractivity contribution in [1.82, 2.24) is 5.32 Å². The molecule has 0 fully saturated rings. The van der Waals surface area contributed by atoms with Crippen molar-refractivity contribution in [2.75, 3.05) is 18.9 Å². The summed E-state index contributed by atoms with van der Waals surface area (Å²) < 4.78 is 17.8. The van der Waals surface area contributed by atoms with Crippen LogP contribution in [0.25, 0.3) is 0 Å². The van der Waals surface area contributed by atoms with Crippen LogP contribution in [0, 0.1) is 16.7 Å². The summed E-state index contributed by atoms with van der Waals surface area (Å²) in [5.41, 5.74) is 8.48. The highest BCUT2D eigenvalue weighted by Gasteiger charge is 2.32. The molecule has 1 aromatic rings. The standard InChI is InChI=1S/C20H32FI2N3O/c1-13(2)8-17(15-6-7-18(25)16(9-15)10-24)19(4,5)11-26-14(3)27-12-20(21,22)23/h6-7,9-10,13-14,17,24,26H,8,11-12,25H2,1-5H3. The Morgan fingerprint density at radius 1 is 1.30 bits per heavy atom. The van der Waals surface area contributed by atoms with Crippen LogP contribution in [0.1, 0.15) is 58.1 Å². The average Bonchev–Trinajstić information content (AvgIpc) is 2.56. The Bertz CT molecular complexity index is 618. The molecule has 4 nitrogen and oxygen atoms in total. The first-order chi connectivity index (χ1) is 12.4. The lowest BCUT2D eigenvalue weighted by Crippen LogP contribution is -2.41. The fourth-order valence-electron chi connectivity index (χ4n) is 3.12. The predicted molar refractivity (Wildman–Crippen MR) is 130 cm³/mol.